The Bertz CT molecular complexity index is 1160. The van der Waals surface area contributed by atoms with Crippen molar-refractivity contribution in [1.29, 1.82) is 0 Å². The number of benzene rings is 1. The molecule has 0 fully saturated rings. The van der Waals surface area contributed by atoms with Gasteiger partial charge in [-0.1, -0.05) is 6.07 Å². The smallest absolute Gasteiger partial charge is 0.351 e. The number of hydrogen-bond acceptors (Lipinski definition) is 4. The molecule has 0 aliphatic rings. The largest absolute Gasteiger partial charge is 0.404 e. The highest BCUT2D eigenvalue weighted by Crippen LogP contribution is 2.19. The maximum absolute atomic E-state index is 13.4. The van der Waals surface area contributed by atoms with Crippen LogP contribution in [0.4, 0.5) is 33.6 Å². The van der Waals surface area contributed by atoms with Crippen LogP contribution in [0.3, 0.4) is 0 Å². The minimum atomic E-state index is -4.95. The minimum absolute atomic E-state index is 0.0733. The van der Waals surface area contributed by atoms with Gasteiger partial charge in [-0.15, -0.1) is 0 Å². The zero-order chi connectivity index (χ0) is 25.0. The number of carbonyl (C=O) groups is 1. The Morgan fingerprint density at radius 2 is 1.67 bits per heavy atom. The molecule has 1 aromatic carbocycles. The van der Waals surface area contributed by atoms with E-state index < -0.39 is 50.9 Å². The Kier molecular flexibility index (Phi) is 7.62. The van der Waals surface area contributed by atoms with Gasteiger partial charge in [0.2, 0.25) is 16.0 Å². The maximum atomic E-state index is 13.4. The first-order chi connectivity index (χ1) is 15.0. The number of pyridine rings is 1. The van der Waals surface area contributed by atoms with Gasteiger partial charge in [0.1, 0.15) is 11.6 Å². The fourth-order valence-electron chi connectivity index (χ4n) is 2.33. The number of amides is 1. The highest BCUT2D eigenvalue weighted by molar-refractivity contribution is 7.92. The molecule has 0 radical (unpaired) electrons. The predicted molar refractivity (Wildman–Crippen MR) is 112 cm³/mol. The van der Waals surface area contributed by atoms with Gasteiger partial charge in [0.25, 0.3) is 5.91 Å². The van der Waals surface area contributed by atoms with Crippen molar-refractivity contribution in [3.63, 3.8) is 0 Å². The molecule has 0 unspecified atom stereocenters. The van der Waals surface area contributed by atoms with E-state index in [1.165, 1.54) is 12.1 Å². The van der Waals surface area contributed by atoms with Gasteiger partial charge in [-0.2, -0.15) is 18.2 Å². The first-order valence-corrected chi connectivity index (χ1v) is 10.9. The van der Waals surface area contributed by atoms with Crippen molar-refractivity contribution in [3.8, 4) is 0 Å². The molecule has 1 aromatic heterocycles. The van der Waals surface area contributed by atoms with E-state index in [9.17, 15) is 35.2 Å². The van der Waals surface area contributed by atoms with E-state index in [4.69, 9.17) is 0 Å². The normalized spacial score (nSPS) is 12.9. The number of nitrogens with zero attached hydrogens (tertiary/aromatic N) is 2. The number of alkyl halides is 3. The Balaban J connectivity index is 2.30. The van der Waals surface area contributed by atoms with Crippen molar-refractivity contribution in [2.75, 3.05) is 15.8 Å². The molecule has 3 N–H and O–H groups in total. The van der Waals surface area contributed by atoms with Crippen LogP contribution in [0.15, 0.2) is 41.4 Å². The highest BCUT2D eigenvalue weighted by atomic mass is 32.2. The van der Waals surface area contributed by atoms with Gasteiger partial charge in [-0.3, -0.25) is 9.52 Å². The summed E-state index contributed by atoms with van der Waals surface area (Å²) in [5.41, 5.74) is -0.892. The van der Waals surface area contributed by atoms with Crippen molar-refractivity contribution in [2.24, 2.45) is 4.99 Å². The summed E-state index contributed by atoms with van der Waals surface area (Å²) in [4.78, 5) is 20.0. The van der Waals surface area contributed by atoms with Crippen LogP contribution in [-0.2, 0) is 10.0 Å². The zero-order valence-electron chi connectivity index (χ0n) is 17.6. The van der Waals surface area contributed by atoms with Crippen molar-refractivity contribution in [3.05, 3.63) is 53.6 Å². The Hall–Kier alpha value is -3.29. The molecule has 180 valence electrons. The third kappa shape index (κ3) is 9.00. The monoisotopic (exact) mass is 493 g/mol. The van der Waals surface area contributed by atoms with Gasteiger partial charge in [-0.25, -0.2) is 22.2 Å². The molecule has 14 heteroatoms. The molecule has 1 heterocycles. The van der Waals surface area contributed by atoms with Crippen LogP contribution in [0.1, 0.15) is 31.1 Å². The number of hydrogen-bond donors (Lipinski definition) is 3. The number of sulfonamides is 1. The molecule has 2 aromatic rings. The fraction of sp³-hybridized carbons (Fsp3) is 0.316. The number of halogens is 5. The van der Waals surface area contributed by atoms with Gasteiger partial charge in [0.05, 0.1) is 0 Å². The molecule has 0 aliphatic heterocycles. The number of aromatic nitrogens is 1. The molecule has 0 atom stereocenters. The summed E-state index contributed by atoms with van der Waals surface area (Å²) in [6.45, 7) is 5.17. The summed E-state index contributed by atoms with van der Waals surface area (Å²) in [6, 6.07) is 6.23. The molecule has 0 aliphatic carbocycles. The van der Waals surface area contributed by atoms with Crippen LogP contribution in [0.2, 0.25) is 0 Å². The summed E-state index contributed by atoms with van der Waals surface area (Å²) < 4.78 is 88.8. The van der Waals surface area contributed by atoms with Crippen molar-refractivity contribution >= 4 is 33.5 Å². The second-order valence-corrected chi connectivity index (χ2v) is 9.50. The molecule has 1 amide bonds. The lowest BCUT2D eigenvalue weighted by Crippen LogP contribution is -2.44. The molecule has 0 bridgehead atoms. The van der Waals surface area contributed by atoms with Gasteiger partial charge >= 0.3 is 6.18 Å². The lowest BCUT2D eigenvalue weighted by Gasteiger charge is -2.23. The van der Waals surface area contributed by atoms with Crippen molar-refractivity contribution in [2.45, 2.75) is 32.5 Å². The number of rotatable bonds is 5. The Labute approximate surface area is 186 Å². The van der Waals surface area contributed by atoms with E-state index in [0.717, 1.165) is 18.2 Å². The van der Waals surface area contributed by atoms with Crippen molar-refractivity contribution in [1.82, 2.24) is 10.3 Å². The zero-order valence-corrected chi connectivity index (χ0v) is 18.4. The molecular formula is C19H20F5N5O3S. The second-order valence-electron chi connectivity index (χ2n) is 7.78. The van der Waals surface area contributed by atoms with Crippen LogP contribution < -0.4 is 15.4 Å². The van der Waals surface area contributed by atoms with E-state index in [-0.39, 0.29) is 17.3 Å². The summed E-state index contributed by atoms with van der Waals surface area (Å²) in [7, 11) is -4.76. The van der Waals surface area contributed by atoms with Crippen molar-refractivity contribution < 1.29 is 35.2 Å². The Morgan fingerprint density at radius 1 is 1.03 bits per heavy atom. The van der Waals surface area contributed by atoms with Crippen LogP contribution >= 0.6 is 0 Å². The maximum Gasteiger partial charge on any atom is 0.404 e. The van der Waals surface area contributed by atoms with E-state index >= 15 is 0 Å². The third-order valence-corrected chi connectivity index (χ3v) is 4.71. The average molecular weight is 493 g/mol. The summed E-state index contributed by atoms with van der Waals surface area (Å²) in [6.07, 6.45) is -4.95. The SMILES string of the molecule is CC(C)(C)N/C(=N/C(=O)c1ccc(F)c(F)c1)Nc1cccc(NS(=O)(=O)CC(F)(F)F)n1. The second kappa shape index (κ2) is 9.68. The molecule has 0 saturated heterocycles. The minimum Gasteiger partial charge on any atom is -0.351 e. The van der Waals surface area contributed by atoms with Crippen LogP contribution in [0, 0.1) is 11.6 Å². The molecular weight excluding hydrogens is 473 g/mol. The molecule has 0 saturated carbocycles. The number of guanidine groups is 1. The fourth-order valence-corrected chi connectivity index (χ4v) is 3.27. The van der Waals surface area contributed by atoms with Crippen LogP contribution in [0.25, 0.3) is 0 Å². The predicted octanol–water partition coefficient (Wildman–Crippen LogP) is 3.66. The van der Waals surface area contributed by atoms with Crippen LogP contribution in [0.5, 0.6) is 0 Å². The van der Waals surface area contributed by atoms with E-state index in [1.807, 2.05) is 0 Å². The first kappa shape index (κ1) is 26.0. The standard InChI is InChI=1S/C19H20F5N5O3S/c1-18(2,3)28-17(27-16(30)11-7-8-12(20)13(21)9-11)26-14-5-4-6-15(25-14)29-33(31,32)10-19(22,23)24/h4-9H,10H2,1-3H3,(H3,25,26,27,28,29,30). The number of aliphatic imine (C=N–C) groups is 1. The first-order valence-electron chi connectivity index (χ1n) is 9.21. The third-order valence-electron chi connectivity index (χ3n) is 3.48. The van der Waals surface area contributed by atoms with E-state index in [0.29, 0.717) is 6.07 Å². The summed E-state index contributed by atoms with van der Waals surface area (Å²) in [5.74, 6) is -6.08. The summed E-state index contributed by atoms with van der Waals surface area (Å²) in [5, 5.41) is 5.47. The van der Waals surface area contributed by atoms with Gasteiger partial charge in [0.15, 0.2) is 17.4 Å². The number of anilines is 2. The lowest BCUT2D eigenvalue weighted by molar-refractivity contribution is -0.106. The summed E-state index contributed by atoms with van der Waals surface area (Å²) >= 11 is 0. The van der Waals surface area contributed by atoms with Crippen LogP contribution in [-0.4, -0.2) is 42.7 Å². The topological polar surface area (TPSA) is 113 Å². The van der Waals surface area contributed by atoms with Gasteiger partial charge < -0.3 is 10.6 Å². The molecule has 33 heavy (non-hydrogen) atoms. The van der Waals surface area contributed by atoms with Gasteiger partial charge in [0, 0.05) is 11.1 Å². The number of nitrogens with one attached hydrogen (secondary N) is 3. The average Bonchev–Trinajstić information content (AvgIpc) is 2.60. The molecule has 0 spiro atoms. The van der Waals surface area contributed by atoms with Gasteiger partial charge in [-0.05, 0) is 51.1 Å². The lowest BCUT2D eigenvalue weighted by atomic mass is 10.1. The van der Waals surface area contributed by atoms with E-state index in [2.05, 4.69) is 20.6 Å². The Morgan fingerprint density at radius 3 is 2.24 bits per heavy atom. The quantitative estimate of drug-likeness (QED) is 0.333. The highest BCUT2D eigenvalue weighted by Gasteiger charge is 2.35. The molecule has 8 nitrogen and oxygen atoms in total. The van der Waals surface area contributed by atoms with E-state index in [1.54, 1.807) is 25.5 Å². The number of carbonyl (C=O) groups excluding carboxylic acids is 1. The molecule has 2 rings (SSSR count).